The molecule has 0 saturated carbocycles. The van der Waals surface area contributed by atoms with E-state index in [2.05, 4.69) is 74.9 Å². The summed E-state index contributed by atoms with van der Waals surface area (Å²) < 4.78 is 5.61. The second-order valence-corrected chi connectivity index (χ2v) is 9.13. The lowest BCUT2D eigenvalue weighted by Crippen LogP contribution is -2.21. The van der Waals surface area contributed by atoms with Gasteiger partial charge in [-0.25, -0.2) is 0 Å². The molecule has 3 heterocycles. The molecule has 3 aromatic heterocycles. The van der Waals surface area contributed by atoms with Crippen LogP contribution in [0.3, 0.4) is 0 Å². The van der Waals surface area contributed by atoms with E-state index in [9.17, 15) is 4.79 Å². The fraction of sp³-hybridized carbons (Fsp3) is 0.320. The summed E-state index contributed by atoms with van der Waals surface area (Å²) in [5.41, 5.74) is 2.96. The predicted molar refractivity (Wildman–Crippen MR) is 140 cm³/mol. The van der Waals surface area contributed by atoms with Crippen LogP contribution in [-0.2, 0) is 19.3 Å². The van der Waals surface area contributed by atoms with Crippen LogP contribution in [0.25, 0.3) is 28.1 Å². The van der Waals surface area contributed by atoms with Crippen LogP contribution < -0.4 is 10.5 Å². The van der Waals surface area contributed by atoms with Crippen molar-refractivity contribution in [1.29, 1.82) is 0 Å². The summed E-state index contributed by atoms with van der Waals surface area (Å²) in [6, 6.07) is 16.0. The molecule has 5 aromatic rings. The standard InChI is InChI=1S/C25H28N8OS/c1-5-31(6-2)18-14-12-17(13-15-18)22-27-29-25(32(22)7-3)35-16-21-26-28-24-30(4)23(34)19-10-8-9-11-20(19)33(21)24/h8-15H,5-7,16H2,1-4H3. The normalized spacial score (nSPS) is 11.5. The van der Waals surface area contributed by atoms with Crippen LogP contribution >= 0.6 is 11.8 Å². The molecular formula is C25H28N8OS. The van der Waals surface area contributed by atoms with E-state index in [1.54, 1.807) is 18.8 Å². The number of aromatic nitrogens is 7. The van der Waals surface area contributed by atoms with E-state index in [-0.39, 0.29) is 5.56 Å². The van der Waals surface area contributed by atoms with Gasteiger partial charge in [-0.05, 0) is 57.2 Å². The first kappa shape index (κ1) is 23.1. The van der Waals surface area contributed by atoms with E-state index in [0.29, 0.717) is 16.9 Å². The minimum absolute atomic E-state index is 0.0814. The van der Waals surface area contributed by atoms with E-state index in [1.165, 1.54) is 10.3 Å². The van der Waals surface area contributed by atoms with Gasteiger partial charge in [0, 0.05) is 37.9 Å². The van der Waals surface area contributed by atoms with Gasteiger partial charge in [0.2, 0.25) is 5.78 Å². The predicted octanol–water partition coefficient (Wildman–Crippen LogP) is 4.00. The van der Waals surface area contributed by atoms with Crippen molar-refractivity contribution >= 4 is 34.1 Å². The van der Waals surface area contributed by atoms with E-state index < -0.39 is 0 Å². The lowest BCUT2D eigenvalue weighted by atomic mass is 10.2. The number of nitrogens with zero attached hydrogens (tertiary/aromatic N) is 8. The van der Waals surface area contributed by atoms with Crippen molar-refractivity contribution in [2.24, 2.45) is 7.05 Å². The topological polar surface area (TPSA) is 86.1 Å². The van der Waals surface area contributed by atoms with Gasteiger partial charge in [0.15, 0.2) is 11.0 Å². The lowest BCUT2D eigenvalue weighted by Gasteiger charge is -2.21. The number of rotatable bonds is 8. The molecule has 35 heavy (non-hydrogen) atoms. The van der Waals surface area contributed by atoms with Gasteiger partial charge in [-0.1, -0.05) is 23.9 Å². The molecule has 0 unspecified atom stereocenters. The Balaban J connectivity index is 1.45. The molecule has 5 rings (SSSR count). The maximum atomic E-state index is 12.7. The zero-order valence-electron chi connectivity index (χ0n) is 20.3. The van der Waals surface area contributed by atoms with Crippen molar-refractivity contribution in [2.75, 3.05) is 18.0 Å². The van der Waals surface area contributed by atoms with Crippen molar-refractivity contribution in [3.63, 3.8) is 0 Å². The zero-order valence-corrected chi connectivity index (χ0v) is 21.2. The number of thioether (sulfide) groups is 1. The van der Waals surface area contributed by atoms with Crippen LogP contribution in [0.2, 0.25) is 0 Å². The molecule has 0 radical (unpaired) electrons. The van der Waals surface area contributed by atoms with Crippen molar-refractivity contribution in [3.05, 3.63) is 64.7 Å². The highest BCUT2D eigenvalue weighted by molar-refractivity contribution is 7.98. The highest BCUT2D eigenvalue weighted by atomic mass is 32.2. The Morgan fingerprint density at radius 3 is 2.37 bits per heavy atom. The Morgan fingerprint density at radius 2 is 1.66 bits per heavy atom. The fourth-order valence-electron chi connectivity index (χ4n) is 4.42. The zero-order chi connectivity index (χ0) is 24.5. The van der Waals surface area contributed by atoms with Gasteiger partial charge < -0.3 is 9.47 Å². The van der Waals surface area contributed by atoms with Crippen molar-refractivity contribution in [1.82, 2.24) is 33.9 Å². The number of hydrogen-bond donors (Lipinski definition) is 0. The third-order valence-corrected chi connectivity index (χ3v) is 7.27. The fourth-order valence-corrected chi connectivity index (χ4v) is 5.33. The van der Waals surface area contributed by atoms with Gasteiger partial charge in [0.25, 0.3) is 5.56 Å². The summed E-state index contributed by atoms with van der Waals surface area (Å²) in [4.78, 5) is 15.0. The molecule has 0 saturated heterocycles. The van der Waals surface area contributed by atoms with Crippen molar-refractivity contribution < 1.29 is 0 Å². The van der Waals surface area contributed by atoms with Gasteiger partial charge in [-0.2, -0.15) is 0 Å². The minimum atomic E-state index is -0.0814. The number of hydrogen-bond acceptors (Lipinski definition) is 7. The van der Waals surface area contributed by atoms with Crippen LogP contribution in [0.4, 0.5) is 5.69 Å². The van der Waals surface area contributed by atoms with Gasteiger partial charge in [-0.3, -0.25) is 13.8 Å². The highest BCUT2D eigenvalue weighted by Gasteiger charge is 2.18. The van der Waals surface area contributed by atoms with E-state index >= 15 is 0 Å². The second kappa shape index (κ2) is 9.53. The monoisotopic (exact) mass is 488 g/mol. The highest BCUT2D eigenvalue weighted by Crippen LogP contribution is 2.28. The van der Waals surface area contributed by atoms with Crippen LogP contribution in [0.15, 0.2) is 58.5 Å². The third kappa shape index (κ3) is 3.97. The quantitative estimate of drug-likeness (QED) is 0.305. The van der Waals surface area contributed by atoms with Crippen molar-refractivity contribution in [2.45, 2.75) is 38.2 Å². The number of aryl methyl sites for hydroxylation is 1. The second-order valence-electron chi connectivity index (χ2n) is 8.19. The van der Waals surface area contributed by atoms with Crippen molar-refractivity contribution in [3.8, 4) is 11.4 Å². The first-order valence-electron chi connectivity index (χ1n) is 11.8. The largest absolute Gasteiger partial charge is 0.372 e. The van der Waals surface area contributed by atoms with Crippen LogP contribution in [0.5, 0.6) is 0 Å². The molecule has 0 spiro atoms. The minimum Gasteiger partial charge on any atom is -0.372 e. The molecule has 0 atom stereocenters. The Kier molecular flexibility index (Phi) is 6.29. The average molecular weight is 489 g/mol. The Hall–Kier alpha value is -3.66. The first-order chi connectivity index (χ1) is 17.1. The number of anilines is 1. The molecule has 0 aliphatic carbocycles. The summed E-state index contributed by atoms with van der Waals surface area (Å²) in [5.74, 6) is 2.67. The SMILES string of the molecule is CCN(CC)c1ccc(-c2nnc(SCc3nnc4n(C)c(=O)c5ccccc5n34)n2CC)cc1. The van der Waals surface area contributed by atoms with E-state index in [4.69, 9.17) is 0 Å². The summed E-state index contributed by atoms with van der Waals surface area (Å²) in [7, 11) is 1.72. The van der Waals surface area contributed by atoms with E-state index in [0.717, 1.165) is 47.5 Å². The van der Waals surface area contributed by atoms with Gasteiger partial charge >= 0.3 is 0 Å². The summed E-state index contributed by atoms with van der Waals surface area (Å²) >= 11 is 1.56. The molecule has 10 heteroatoms. The van der Waals surface area contributed by atoms with E-state index in [1.807, 2.05) is 28.7 Å². The van der Waals surface area contributed by atoms with Gasteiger partial charge in [0.05, 0.1) is 16.7 Å². The first-order valence-corrected chi connectivity index (χ1v) is 12.8. The Bertz CT molecular complexity index is 1550. The molecule has 0 aliphatic rings. The smallest absolute Gasteiger partial charge is 0.262 e. The van der Waals surface area contributed by atoms with Gasteiger partial charge in [-0.15, -0.1) is 20.4 Å². The molecule has 0 amide bonds. The van der Waals surface area contributed by atoms with Crippen LogP contribution in [-0.4, -0.2) is 47.0 Å². The molecule has 2 aromatic carbocycles. The van der Waals surface area contributed by atoms with Gasteiger partial charge in [0.1, 0.15) is 5.82 Å². The number of para-hydroxylation sites is 1. The molecule has 0 fully saturated rings. The van der Waals surface area contributed by atoms with Crippen LogP contribution in [0.1, 0.15) is 26.6 Å². The maximum absolute atomic E-state index is 12.7. The lowest BCUT2D eigenvalue weighted by molar-refractivity contribution is 0.687. The third-order valence-electron chi connectivity index (χ3n) is 6.31. The summed E-state index contributed by atoms with van der Waals surface area (Å²) in [6.07, 6.45) is 0. The number of benzene rings is 2. The Morgan fingerprint density at radius 1 is 0.914 bits per heavy atom. The molecular weight excluding hydrogens is 460 g/mol. The molecule has 180 valence electrons. The average Bonchev–Trinajstić information content (AvgIpc) is 3.51. The van der Waals surface area contributed by atoms with Crippen LogP contribution in [0, 0.1) is 0 Å². The molecule has 0 aliphatic heterocycles. The maximum Gasteiger partial charge on any atom is 0.262 e. The molecule has 9 nitrogen and oxygen atoms in total. The summed E-state index contributed by atoms with van der Waals surface area (Å²) in [6.45, 7) is 9.12. The molecule has 0 bridgehead atoms. The summed E-state index contributed by atoms with van der Waals surface area (Å²) in [5, 5.41) is 19.1. The number of fused-ring (bicyclic) bond motifs is 3. The molecule has 0 N–H and O–H groups in total. The Labute approximate surface area is 207 Å².